The molecule has 6 nitrogen and oxygen atoms in total. The van der Waals surface area contributed by atoms with Crippen molar-refractivity contribution in [2.75, 3.05) is 13.2 Å². The van der Waals surface area contributed by atoms with Crippen LogP contribution in [0.2, 0.25) is 0 Å². The minimum absolute atomic E-state index is 0.147. The van der Waals surface area contributed by atoms with Crippen molar-refractivity contribution in [3.63, 3.8) is 0 Å². The van der Waals surface area contributed by atoms with E-state index in [0.717, 1.165) is 23.1 Å². The summed E-state index contributed by atoms with van der Waals surface area (Å²) in [5, 5.41) is 9.21. The molecule has 0 heterocycles. The molecule has 170 valence electrons. The zero-order valence-electron chi connectivity index (χ0n) is 19.6. The number of carbonyl (C=O) groups excluding carboxylic acids is 2. The van der Waals surface area contributed by atoms with Gasteiger partial charge in [0, 0.05) is 18.7 Å². The molecule has 31 heavy (non-hydrogen) atoms. The Morgan fingerprint density at radius 3 is 2.06 bits per heavy atom. The molecule has 2 aromatic rings. The Balaban J connectivity index is 0.00000110. The van der Waals surface area contributed by atoms with Crippen LogP contribution < -0.4 is 5.43 Å². The molecule has 0 spiro atoms. The first-order valence-electron chi connectivity index (χ1n) is 10.5. The van der Waals surface area contributed by atoms with Crippen molar-refractivity contribution in [1.82, 2.24) is 10.4 Å². The van der Waals surface area contributed by atoms with Gasteiger partial charge in [0.1, 0.15) is 6.61 Å². The molecule has 0 aliphatic carbocycles. The zero-order valence-corrected chi connectivity index (χ0v) is 19.6. The number of benzene rings is 2. The molecule has 0 aliphatic rings. The first kappa shape index (κ1) is 26.2. The molecule has 2 N–H and O–H groups in total. The van der Waals surface area contributed by atoms with Gasteiger partial charge in [0.15, 0.2) is 0 Å². The van der Waals surface area contributed by atoms with E-state index in [0.29, 0.717) is 18.7 Å². The Morgan fingerprint density at radius 2 is 1.58 bits per heavy atom. The number of ether oxygens (including phenoxy) is 1. The molecule has 2 aromatic carbocycles. The van der Waals surface area contributed by atoms with Crippen LogP contribution in [0.15, 0.2) is 48.5 Å². The third-order valence-corrected chi connectivity index (χ3v) is 4.01. The van der Waals surface area contributed by atoms with Crippen LogP contribution in [0.1, 0.15) is 61.2 Å². The van der Waals surface area contributed by atoms with Crippen LogP contribution in [-0.2, 0) is 11.3 Å². The van der Waals surface area contributed by atoms with Gasteiger partial charge in [-0.25, -0.2) is 15.2 Å². The fourth-order valence-electron chi connectivity index (χ4n) is 2.76. The van der Waals surface area contributed by atoms with Crippen molar-refractivity contribution in [2.45, 2.75) is 54.6 Å². The molecule has 0 fully saturated rings. The molecule has 0 atom stereocenters. The number of rotatable bonds is 5. The minimum Gasteiger partial charge on any atom is -0.443 e. The summed E-state index contributed by atoms with van der Waals surface area (Å²) < 4.78 is 5.26. The summed E-state index contributed by atoms with van der Waals surface area (Å²) in [4.78, 5) is 25.2. The molecule has 0 saturated heterocycles. The highest BCUT2D eigenvalue weighted by molar-refractivity contribution is 5.95. The molecule has 0 bridgehead atoms. The van der Waals surface area contributed by atoms with Crippen molar-refractivity contribution < 1.29 is 19.4 Å². The van der Waals surface area contributed by atoms with Gasteiger partial charge in [-0.15, -0.1) is 0 Å². The quantitative estimate of drug-likeness (QED) is 0.655. The van der Waals surface area contributed by atoms with Gasteiger partial charge in [-0.3, -0.25) is 4.79 Å². The molecule has 0 unspecified atom stereocenters. The molecule has 2 rings (SSSR count). The second-order valence-electron chi connectivity index (χ2n) is 8.73. The smallest absolute Gasteiger partial charge is 0.426 e. The molecule has 6 heteroatoms. The third-order valence-electron chi connectivity index (χ3n) is 4.01. The first-order chi connectivity index (χ1) is 14.6. The molecule has 0 saturated carbocycles. The number of amides is 2. The average molecular weight is 429 g/mol. The van der Waals surface area contributed by atoms with Gasteiger partial charge in [-0.05, 0) is 43.4 Å². The molecule has 0 radical (unpaired) electrons. The Hall–Kier alpha value is -2.86. The van der Waals surface area contributed by atoms with Crippen molar-refractivity contribution in [2.24, 2.45) is 5.41 Å². The number of aliphatic hydroxyl groups excluding tert-OH is 1. The Bertz CT molecular complexity index is 807. The van der Waals surface area contributed by atoms with Crippen molar-refractivity contribution in [3.05, 3.63) is 70.8 Å². The Labute approximate surface area is 186 Å². The number of hydrazine groups is 1. The molecular formula is C25H36N2O4. The van der Waals surface area contributed by atoms with Crippen LogP contribution >= 0.6 is 0 Å². The van der Waals surface area contributed by atoms with Crippen LogP contribution in [0.25, 0.3) is 0 Å². The van der Waals surface area contributed by atoms with Crippen LogP contribution in [0.3, 0.4) is 0 Å². The van der Waals surface area contributed by atoms with Crippen LogP contribution in [0.5, 0.6) is 0 Å². The average Bonchev–Trinajstić information content (AvgIpc) is 2.70. The van der Waals surface area contributed by atoms with E-state index in [2.05, 4.69) is 5.43 Å². The summed E-state index contributed by atoms with van der Waals surface area (Å²) in [5.74, 6) is -0.256. The lowest BCUT2D eigenvalue weighted by Crippen LogP contribution is -2.49. The maximum Gasteiger partial charge on any atom is 0.426 e. The largest absolute Gasteiger partial charge is 0.443 e. The summed E-state index contributed by atoms with van der Waals surface area (Å²) in [6.45, 7) is 12.7. The van der Waals surface area contributed by atoms with Gasteiger partial charge in [-0.2, -0.15) is 0 Å². The number of nitrogens with zero attached hydrogens (tertiary/aromatic N) is 1. The maximum absolute atomic E-state index is 13.0. The molecule has 2 amide bonds. The number of nitrogens with one attached hydrogen (secondary N) is 1. The van der Waals surface area contributed by atoms with Crippen LogP contribution in [0, 0.1) is 19.3 Å². The Kier molecular flexibility index (Phi) is 10.8. The summed E-state index contributed by atoms with van der Waals surface area (Å²) in [6.07, 6.45) is 0.223. The van der Waals surface area contributed by atoms with Crippen molar-refractivity contribution >= 4 is 12.0 Å². The molecular weight excluding hydrogens is 392 g/mol. The number of hydrogen-bond donors (Lipinski definition) is 2. The lowest BCUT2D eigenvalue weighted by atomic mass is 9.96. The standard InChI is InChI=1S/C22H28N2O3.C3H8O/c1-16-11-17(2)13-19(12-16)20(25)24(15-22(3,4)5)23-21(26)27-14-18-9-7-6-8-10-18;1-2-3-4/h6-13H,14-15H2,1-5H3,(H,23,26);4H,2-3H2,1H3. The summed E-state index contributed by atoms with van der Waals surface area (Å²) in [5.41, 5.74) is 5.84. The van der Waals surface area contributed by atoms with Crippen LogP contribution in [-0.4, -0.2) is 35.3 Å². The summed E-state index contributed by atoms with van der Waals surface area (Å²) >= 11 is 0. The number of hydrogen-bond acceptors (Lipinski definition) is 4. The normalized spacial score (nSPS) is 10.5. The van der Waals surface area contributed by atoms with E-state index in [-0.39, 0.29) is 17.9 Å². The highest BCUT2D eigenvalue weighted by Crippen LogP contribution is 2.17. The van der Waals surface area contributed by atoms with Crippen LogP contribution in [0.4, 0.5) is 4.79 Å². The molecule has 0 aromatic heterocycles. The van der Waals surface area contributed by atoms with Crippen molar-refractivity contribution in [1.29, 1.82) is 0 Å². The van der Waals surface area contributed by atoms with E-state index < -0.39 is 6.09 Å². The predicted octanol–water partition coefficient (Wildman–Crippen LogP) is 5.02. The number of aryl methyl sites for hydroxylation is 2. The minimum atomic E-state index is -0.652. The van der Waals surface area contributed by atoms with E-state index in [4.69, 9.17) is 9.84 Å². The third kappa shape index (κ3) is 10.6. The van der Waals surface area contributed by atoms with Crippen molar-refractivity contribution in [3.8, 4) is 0 Å². The zero-order chi connectivity index (χ0) is 23.4. The second kappa shape index (κ2) is 12.7. The lowest BCUT2D eigenvalue weighted by molar-refractivity contribution is 0.0510. The van der Waals surface area contributed by atoms with Gasteiger partial charge >= 0.3 is 6.09 Å². The van der Waals surface area contributed by atoms with E-state index in [1.165, 1.54) is 5.01 Å². The van der Waals surface area contributed by atoms with E-state index in [1.807, 2.05) is 90.1 Å². The van der Waals surface area contributed by atoms with E-state index >= 15 is 0 Å². The van der Waals surface area contributed by atoms with E-state index in [9.17, 15) is 9.59 Å². The SMILES string of the molecule is CCCO.Cc1cc(C)cc(C(=O)N(CC(C)(C)C)NC(=O)OCc2ccccc2)c1. The fourth-order valence-corrected chi connectivity index (χ4v) is 2.76. The lowest BCUT2D eigenvalue weighted by Gasteiger charge is -2.30. The Morgan fingerprint density at radius 1 is 1.03 bits per heavy atom. The van der Waals surface area contributed by atoms with Gasteiger partial charge in [-0.1, -0.05) is 75.2 Å². The monoisotopic (exact) mass is 428 g/mol. The summed E-state index contributed by atoms with van der Waals surface area (Å²) in [7, 11) is 0. The molecule has 0 aliphatic heterocycles. The topological polar surface area (TPSA) is 78.9 Å². The first-order valence-corrected chi connectivity index (χ1v) is 10.5. The summed E-state index contributed by atoms with van der Waals surface area (Å²) in [6, 6.07) is 15.1. The van der Waals surface area contributed by atoms with Gasteiger partial charge in [0.2, 0.25) is 0 Å². The highest BCUT2D eigenvalue weighted by Gasteiger charge is 2.24. The number of aliphatic hydroxyl groups is 1. The second-order valence-corrected chi connectivity index (χ2v) is 8.73. The fraction of sp³-hybridized carbons (Fsp3) is 0.440. The highest BCUT2D eigenvalue weighted by atomic mass is 16.6. The number of carbonyl (C=O) groups is 2. The van der Waals surface area contributed by atoms with E-state index in [1.54, 1.807) is 0 Å². The van der Waals surface area contributed by atoms with Gasteiger partial charge in [0.05, 0.1) is 0 Å². The maximum atomic E-state index is 13.0. The van der Waals surface area contributed by atoms with Gasteiger partial charge < -0.3 is 9.84 Å². The van der Waals surface area contributed by atoms with Gasteiger partial charge in [0.25, 0.3) is 5.91 Å². The predicted molar refractivity (Wildman–Crippen MR) is 124 cm³/mol.